The highest BCUT2D eigenvalue weighted by Crippen LogP contribution is 2.91. The fourth-order valence-electron chi connectivity index (χ4n) is 49.2. The van der Waals surface area contributed by atoms with E-state index >= 15 is 0 Å². The zero-order valence-electron chi connectivity index (χ0n) is 66.0. The molecule has 0 bridgehead atoms. The minimum Gasteiger partial charge on any atom is -0.377 e. The van der Waals surface area contributed by atoms with Crippen LogP contribution in [-0.2, 0) is 31.7 Å². The minimum absolute atomic E-state index is 0.866. The number of hydrogen-bond donors (Lipinski definition) is 0. The molecule has 0 saturated heterocycles. The zero-order chi connectivity index (χ0) is 76.9. The van der Waals surface area contributed by atoms with Gasteiger partial charge in [0.25, 0.3) is 0 Å². The lowest BCUT2D eigenvalue weighted by atomic mass is 9.52. The summed E-state index contributed by atoms with van der Waals surface area (Å²) >= 11 is 0. The zero-order valence-corrected chi connectivity index (χ0v) is 66.0. The number of benzene rings is 37. The number of hydrogen-bond acceptors (Lipinski definition) is 4. The van der Waals surface area contributed by atoms with Crippen molar-refractivity contribution < 1.29 is 9.68 Å². The van der Waals surface area contributed by atoms with Crippen LogP contribution in [0.2, 0.25) is 0 Å². The molecule has 2 aliphatic heterocycles. The molecular weight excluding hydrogens is 1600 g/mol. The summed E-state index contributed by atoms with van der Waals surface area (Å²) in [6.07, 6.45) is 0. The number of oxime groups is 2. The highest BCUT2D eigenvalue weighted by atomic mass is 16.7. The Kier molecular flexibility index (Phi) is 3.67. The Morgan fingerprint density at radius 3 is 0.288 bits per heavy atom. The highest BCUT2D eigenvalue weighted by Gasteiger charge is 2.80. The first-order valence-electron chi connectivity index (χ1n) is 49.0. The van der Waals surface area contributed by atoms with Crippen LogP contribution in [0.5, 0.6) is 0 Å². The van der Waals surface area contributed by atoms with Crippen LogP contribution in [0.1, 0.15) is 55.6 Å². The molecule has 0 N–H and O–H groups in total. The van der Waals surface area contributed by atoms with Gasteiger partial charge in [0.2, 0.25) is 11.2 Å². The molecule has 0 atom stereocenters. The Hall–Kier alpha value is -16.9. The molecule has 10 aliphatic rings. The van der Waals surface area contributed by atoms with Crippen LogP contribution in [0.3, 0.4) is 0 Å². The normalized spacial score (nSPS) is 23.2. The number of nitrogens with zero attached hydrogens (tertiary/aromatic N) is 2. The topological polar surface area (TPSA) is 43.2 Å². The molecule has 2 heterocycles. The third-order valence-electron chi connectivity index (χ3n) is 49.2. The average molecular weight is 1600 g/mol. The van der Waals surface area contributed by atoms with Gasteiger partial charge in [0.1, 0.15) is 22.3 Å². The molecule has 67 rings (SSSR count). The predicted octanol–water partition coefficient (Wildman–Crippen LogP) is 33.7. The van der Waals surface area contributed by atoms with Crippen LogP contribution in [0.25, 0.3) is 582 Å². The molecule has 0 amide bonds. The van der Waals surface area contributed by atoms with Crippen LogP contribution in [0.4, 0.5) is 0 Å². The van der Waals surface area contributed by atoms with E-state index in [4.69, 9.17) is 20.0 Å². The summed E-state index contributed by atoms with van der Waals surface area (Å²) in [6, 6.07) is 10.5. The summed E-state index contributed by atoms with van der Waals surface area (Å²) in [6.45, 7) is 0. The van der Waals surface area contributed by atoms with Gasteiger partial charge in [-0.15, -0.1) is 0 Å². The summed E-state index contributed by atoms with van der Waals surface area (Å²) in [4.78, 5) is 17.6. The summed E-state index contributed by atoms with van der Waals surface area (Å²) in [5, 5.41) is 185. The smallest absolute Gasteiger partial charge is 0.209 e. The van der Waals surface area contributed by atoms with Crippen molar-refractivity contribution in [2.24, 2.45) is 10.3 Å². The van der Waals surface area contributed by atoms with Gasteiger partial charge in [-0.1, -0.05) is 34.6 Å². The van der Waals surface area contributed by atoms with E-state index in [2.05, 4.69) is 24.3 Å². The van der Waals surface area contributed by atoms with Crippen molar-refractivity contribution in [1.82, 2.24) is 0 Å². The van der Waals surface area contributed by atoms with Crippen LogP contribution in [0, 0.1) is 0 Å². The van der Waals surface area contributed by atoms with E-state index in [0.29, 0.717) is 0 Å². The fourth-order valence-corrected chi connectivity index (χ4v) is 49.2. The first-order valence-corrected chi connectivity index (χ1v) is 49.0. The molecule has 8 aliphatic carbocycles. The van der Waals surface area contributed by atoms with Crippen LogP contribution in [-0.4, -0.2) is 11.4 Å². The van der Waals surface area contributed by atoms with Gasteiger partial charge in [0, 0.05) is 33.4 Å². The second-order valence-electron chi connectivity index (χ2n) is 49.0. The molecule has 57 aromatic rings. The quantitative estimate of drug-likeness (QED) is 0.162. The van der Waals surface area contributed by atoms with E-state index in [-0.39, 0.29) is 0 Å². The lowest BCUT2D eigenvalue weighted by Crippen LogP contribution is -2.54. The Morgan fingerprint density at radius 2 is 0.189 bits per heavy atom. The van der Waals surface area contributed by atoms with Gasteiger partial charge in [0.05, 0.1) is 0 Å². The van der Waals surface area contributed by atoms with Crippen LogP contribution in [0.15, 0.2) is 34.6 Å². The van der Waals surface area contributed by atoms with Gasteiger partial charge in [-0.05, 0) is 604 Å². The Bertz CT molecular complexity index is 15000. The molecule has 4 heteroatoms. The van der Waals surface area contributed by atoms with E-state index < -0.39 is 22.0 Å². The lowest BCUT2D eigenvalue weighted by molar-refractivity contribution is -0.0123. The fraction of sp³-hybridized carbons (Fsp3) is 0.0312. The van der Waals surface area contributed by atoms with E-state index in [1.54, 1.807) is 561 Å². The van der Waals surface area contributed by atoms with E-state index in [1.165, 1.54) is 76.5 Å². The SMILES string of the molecule is c1cc(C2=NOC34c5c6c7c8c9c%10c(c%11c%12c3c3c5c5c%13c6c6c7c7c9c9c%14c%10c%10c%11c%11c%12c%12c3c3c5c5c%13c%13c6c6c7c9c7c9c%14c%10c%10c%11c%11c%12c3c3c5c5c%13c6c7c6c9c%10c%11c3c56)C284)ccc1C1=NOC23c4c5c6c7c8c9c(c%10c%11c2c2c4c4c%12c5c5c6c6c8c8c%13c9c9c%10c%10c%11c%11c2c2c4c4c%12c%12c5c5c6c8c6c8c%13c9c9c%10c%10c%11c2c2c4c4c%12c5c6c5c8c9c%10c2c45)C173. The molecule has 0 fully saturated rings. The summed E-state index contributed by atoms with van der Waals surface area (Å²) < 4.78 is 0. The van der Waals surface area contributed by atoms with Gasteiger partial charge < -0.3 is 9.68 Å². The third kappa shape index (κ3) is 2.39. The first kappa shape index (κ1) is 46.7. The van der Waals surface area contributed by atoms with Crippen molar-refractivity contribution in [2.45, 2.75) is 22.0 Å². The molecule has 0 unspecified atom stereocenters. The van der Waals surface area contributed by atoms with Crippen molar-refractivity contribution in [3.63, 3.8) is 0 Å². The molecule has 538 valence electrons. The van der Waals surface area contributed by atoms with Crippen molar-refractivity contribution in [3.05, 3.63) is 79.9 Å². The molecule has 4 nitrogen and oxygen atoms in total. The molecule has 0 radical (unpaired) electrons. The largest absolute Gasteiger partial charge is 0.377 e. The Balaban J connectivity index is 0.572. The second-order valence-corrected chi connectivity index (χ2v) is 49.0. The maximum absolute atomic E-state index is 8.78. The standard InChI is InChI=1S/C128H4N2O2/c1-2-6(124-126-117-101-85-65-45-29-13-8-10-17-25-21(13)37-53-41(25)61-49-33(17)34-18(10)26-22-14(8)30(29)46-58-38(22)54-42(26)62-50(34)70-69(49)93-81(61)97-77(53)89(73(85)57(37)45)105(117)109(97)121-113(93)114-94(70)82(62)98-78(54)90-74(58)86(66(46)65)102(101)118(126)106(90)110(98)122(114)128(121,126)132-130-124)4-3-5(1)123-125-115-99-83-63-43-27-11-7-9-15-23-19(11)35-51-39(23)59-47-31(15)32-16(9)24-20-12(7)28(27)44-56-36(20)52-40(24)60-48(32)68-67(47)91-79(59)95-75(51)87(71(83)55(35)43)103(115)107(95)119-111(91)112-92(68)80(60)96-76(52)88-72(56)84(64(44)63)100(99)116(125)104(88)108(96)120(112)127(119,125)131-129-123/h1-4H. The molecule has 0 aromatic heterocycles. The summed E-state index contributed by atoms with van der Waals surface area (Å²) in [7, 11) is 0. The highest BCUT2D eigenvalue weighted by molar-refractivity contribution is 6.88. The second kappa shape index (κ2) is 10.4. The van der Waals surface area contributed by atoms with Gasteiger partial charge in [-0.3, -0.25) is 0 Å². The number of rotatable bonds is 2. The predicted molar refractivity (Wildman–Crippen MR) is 549 cm³/mol. The monoisotopic (exact) mass is 1600 g/mol. The van der Waals surface area contributed by atoms with Gasteiger partial charge >= 0.3 is 0 Å². The molecule has 4 spiro atoms. The van der Waals surface area contributed by atoms with Crippen LogP contribution >= 0.6 is 0 Å². The van der Waals surface area contributed by atoms with Gasteiger partial charge in [-0.2, -0.15) is 0 Å². The minimum atomic E-state index is -1.01. The van der Waals surface area contributed by atoms with E-state index in [9.17, 15) is 0 Å². The maximum Gasteiger partial charge on any atom is 0.209 e. The first-order chi connectivity index (χ1) is 65.9. The van der Waals surface area contributed by atoms with Crippen LogP contribution < -0.4 is 0 Å². The van der Waals surface area contributed by atoms with Crippen molar-refractivity contribution in [2.75, 3.05) is 0 Å². The van der Waals surface area contributed by atoms with Gasteiger partial charge in [0.15, 0.2) is 0 Å². The van der Waals surface area contributed by atoms with Gasteiger partial charge in [-0.25, -0.2) is 0 Å². The van der Waals surface area contributed by atoms with Crippen molar-refractivity contribution in [3.8, 4) is 0 Å². The lowest BCUT2D eigenvalue weighted by Gasteiger charge is -2.48. The third-order valence-corrected chi connectivity index (χ3v) is 49.2. The summed E-state index contributed by atoms with van der Waals surface area (Å²) in [5.41, 5.74) is 13.0. The van der Waals surface area contributed by atoms with Crippen molar-refractivity contribution in [1.29, 1.82) is 0 Å². The van der Waals surface area contributed by atoms with E-state index in [1.807, 2.05) is 0 Å². The van der Waals surface area contributed by atoms with E-state index in [0.717, 1.165) is 11.4 Å². The molecule has 57 aromatic carbocycles. The summed E-state index contributed by atoms with van der Waals surface area (Å²) in [5.74, 6) is 0. The molecule has 132 heavy (non-hydrogen) atoms. The Morgan fingerprint density at radius 1 is 0.106 bits per heavy atom. The Labute approximate surface area is 709 Å². The molecular formula is C128H4N2O2. The maximum atomic E-state index is 8.78. The molecule has 0 saturated carbocycles. The average Bonchev–Trinajstić information content (AvgIpc) is 1.38. The van der Waals surface area contributed by atoms with Crippen molar-refractivity contribution >= 4 is 593 Å².